The van der Waals surface area contributed by atoms with Crippen LogP contribution in [0.5, 0.6) is 0 Å². The van der Waals surface area contributed by atoms with Crippen LogP contribution in [-0.2, 0) is 6.42 Å². The van der Waals surface area contributed by atoms with Gasteiger partial charge in [0.15, 0.2) is 0 Å². The van der Waals surface area contributed by atoms with E-state index in [4.69, 9.17) is 0 Å². The molecule has 0 aromatic carbocycles. The predicted molar refractivity (Wildman–Crippen MR) is 65.1 cm³/mol. The number of hydrogen-bond donors (Lipinski definition) is 1. The van der Waals surface area contributed by atoms with Gasteiger partial charge in [0.25, 0.3) is 0 Å². The fourth-order valence-corrected chi connectivity index (χ4v) is 2.50. The third kappa shape index (κ3) is 4.31. The van der Waals surface area contributed by atoms with Crippen LogP contribution in [-0.4, -0.2) is 16.2 Å². The zero-order valence-corrected chi connectivity index (χ0v) is 10.5. The molecule has 1 aromatic heterocycles. The molecule has 15 heavy (non-hydrogen) atoms. The number of aromatic nitrogens is 1. The molecule has 86 valence electrons. The molecule has 0 aliphatic heterocycles. The van der Waals surface area contributed by atoms with Gasteiger partial charge in [-0.15, -0.1) is 11.3 Å². The smallest absolute Gasteiger partial charge is 0.0794 e. The first kappa shape index (κ1) is 12.7. The Morgan fingerprint density at radius 2 is 2.27 bits per heavy atom. The normalized spacial score (nSPS) is 15.1. The first-order chi connectivity index (χ1) is 7.27. The molecule has 0 radical (unpaired) electrons. The minimum Gasteiger partial charge on any atom is -0.392 e. The van der Waals surface area contributed by atoms with Crippen LogP contribution >= 0.6 is 11.3 Å². The summed E-state index contributed by atoms with van der Waals surface area (Å²) in [7, 11) is 0. The van der Waals surface area contributed by atoms with Gasteiger partial charge in [-0.3, -0.25) is 4.98 Å². The Labute approximate surface area is 96.4 Å². The SMILES string of the molecule is CCCCC(CC)C(O)Cc1cncs1. The van der Waals surface area contributed by atoms with E-state index < -0.39 is 0 Å². The van der Waals surface area contributed by atoms with Crippen molar-refractivity contribution in [2.24, 2.45) is 5.92 Å². The van der Waals surface area contributed by atoms with Gasteiger partial charge >= 0.3 is 0 Å². The quantitative estimate of drug-likeness (QED) is 0.775. The summed E-state index contributed by atoms with van der Waals surface area (Å²) in [4.78, 5) is 5.22. The van der Waals surface area contributed by atoms with E-state index in [1.807, 2.05) is 11.7 Å². The molecule has 0 saturated carbocycles. The zero-order chi connectivity index (χ0) is 11.1. The summed E-state index contributed by atoms with van der Waals surface area (Å²) in [5, 5.41) is 10.1. The molecule has 0 spiro atoms. The average Bonchev–Trinajstić information content (AvgIpc) is 2.71. The number of thiazole rings is 1. The lowest BCUT2D eigenvalue weighted by molar-refractivity contribution is 0.0994. The van der Waals surface area contributed by atoms with Gasteiger partial charge in [-0.05, 0) is 12.3 Å². The van der Waals surface area contributed by atoms with Gasteiger partial charge in [-0.1, -0.05) is 33.1 Å². The molecule has 0 amide bonds. The summed E-state index contributed by atoms with van der Waals surface area (Å²) in [6, 6.07) is 0. The van der Waals surface area contributed by atoms with Crippen molar-refractivity contribution in [2.75, 3.05) is 0 Å². The standard InChI is InChI=1S/C12H21NOS/c1-3-5-6-10(4-2)12(14)7-11-8-13-9-15-11/h8-10,12,14H,3-7H2,1-2H3. The van der Waals surface area contributed by atoms with E-state index in [-0.39, 0.29) is 6.10 Å². The van der Waals surface area contributed by atoms with Gasteiger partial charge in [0, 0.05) is 17.5 Å². The molecule has 1 N–H and O–H groups in total. The van der Waals surface area contributed by atoms with Gasteiger partial charge in [-0.25, -0.2) is 0 Å². The van der Waals surface area contributed by atoms with Crippen molar-refractivity contribution >= 4 is 11.3 Å². The summed E-state index contributed by atoms with van der Waals surface area (Å²) in [5.74, 6) is 0.451. The largest absolute Gasteiger partial charge is 0.392 e. The second kappa shape index (κ2) is 6.96. The van der Waals surface area contributed by atoms with Crippen LogP contribution < -0.4 is 0 Å². The summed E-state index contributed by atoms with van der Waals surface area (Å²) < 4.78 is 0. The Morgan fingerprint density at radius 1 is 1.47 bits per heavy atom. The summed E-state index contributed by atoms with van der Waals surface area (Å²) in [6.07, 6.45) is 7.09. The number of nitrogens with zero attached hydrogens (tertiary/aromatic N) is 1. The molecular weight excluding hydrogens is 206 g/mol. The maximum absolute atomic E-state index is 10.1. The highest BCUT2D eigenvalue weighted by molar-refractivity contribution is 7.09. The van der Waals surface area contributed by atoms with E-state index >= 15 is 0 Å². The number of hydrogen-bond acceptors (Lipinski definition) is 3. The fourth-order valence-electron chi connectivity index (χ4n) is 1.85. The molecule has 1 aromatic rings. The highest BCUT2D eigenvalue weighted by Crippen LogP contribution is 2.21. The number of rotatable bonds is 7. The van der Waals surface area contributed by atoms with Crippen LogP contribution in [0.3, 0.4) is 0 Å². The van der Waals surface area contributed by atoms with Gasteiger partial charge in [-0.2, -0.15) is 0 Å². The van der Waals surface area contributed by atoms with E-state index in [1.165, 1.54) is 17.7 Å². The minimum atomic E-state index is -0.193. The predicted octanol–water partition coefficient (Wildman–Crippen LogP) is 3.26. The van der Waals surface area contributed by atoms with Crippen molar-refractivity contribution in [3.63, 3.8) is 0 Å². The molecule has 2 nitrogen and oxygen atoms in total. The van der Waals surface area contributed by atoms with Crippen molar-refractivity contribution in [3.8, 4) is 0 Å². The van der Waals surface area contributed by atoms with E-state index in [0.29, 0.717) is 5.92 Å². The van der Waals surface area contributed by atoms with Crippen LogP contribution in [0.15, 0.2) is 11.7 Å². The molecule has 2 atom stereocenters. The van der Waals surface area contributed by atoms with Gasteiger partial charge in [0.2, 0.25) is 0 Å². The molecule has 2 unspecified atom stereocenters. The Bertz CT molecular complexity index is 248. The first-order valence-corrected chi connectivity index (χ1v) is 6.71. The lowest BCUT2D eigenvalue weighted by atomic mass is 9.91. The molecule has 0 aliphatic rings. The lowest BCUT2D eigenvalue weighted by Crippen LogP contribution is -2.22. The highest BCUT2D eigenvalue weighted by Gasteiger charge is 2.17. The van der Waals surface area contributed by atoms with Gasteiger partial charge < -0.3 is 5.11 Å². The topological polar surface area (TPSA) is 33.1 Å². The van der Waals surface area contributed by atoms with Crippen molar-refractivity contribution in [1.82, 2.24) is 4.98 Å². The maximum atomic E-state index is 10.1. The van der Waals surface area contributed by atoms with Gasteiger partial charge in [0.05, 0.1) is 11.6 Å². The average molecular weight is 227 g/mol. The van der Waals surface area contributed by atoms with E-state index in [1.54, 1.807) is 11.3 Å². The van der Waals surface area contributed by atoms with Crippen molar-refractivity contribution < 1.29 is 5.11 Å². The number of aliphatic hydroxyl groups excluding tert-OH is 1. The van der Waals surface area contributed by atoms with Crippen molar-refractivity contribution in [3.05, 3.63) is 16.6 Å². The summed E-state index contributed by atoms with van der Waals surface area (Å²) in [5.41, 5.74) is 1.83. The zero-order valence-electron chi connectivity index (χ0n) is 9.65. The third-order valence-electron chi connectivity index (χ3n) is 2.89. The van der Waals surface area contributed by atoms with Crippen LogP contribution in [0.2, 0.25) is 0 Å². The van der Waals surface area contributed by atoms with Crippen molar-refractivity contribution in [1.29, 1.82) is 0 Å². The molecule has 0 aliphatic carbocycles. The van der Waals surface area contributed by atoms with Crippen molar-refractivity contribution in [2.45, 2.75) is 52.1 Å². The minimum absolute atomic E-state index is 0.193. The van der Waals surface area contributed by atoms with E-state index in [0.717, 1.165) is 19.3 Å². The van der Waals surface area contributed by atoms with E-state index in [2.05, 4.69) is 18.8 Å². The summed E-state index contributed by atoms with van der Waals surface area (Å²) in [6.45, 7) is 4.36. The third-order valence-corrected chi connectivity index (χ3v) is 3.69. The van der Waals surface area contributed by atoms with Crippen LogP contribution in [0, 0.1) is 5.92 Å². The van der Waals surface area contributed by atoms with Gasteiger partial charge in [0.1, 0.15) is 0 Å². The monoisotopic (exact) mass is 227 g/mol. The second-order valence-corrected chi connectivity index (χ2v) is 5.02. The van der Waals surface area contributed by atoms with E-state index in [9.17, 15) is 5.11 Å². The molecular formula is C12H21NOS. The Balaban J connectivity index is 2.39. The molecule has 0 bridgehead atoms. The Hall–Kier alpha value is -0.410. The van der Waals surface area contributed by atoms with Crippen LogP contribution in [0.1, 0.15) is 44.4 Å². The number of aliphatic hydroxyl groups is 1. The molecule has 3 heteroatoms. The molecule has 1 heterocycles. The summed E-state index contributed by atoms with van der Waals surface area (Å²) >= 11 is 1.63. The number of unbranched alkanes of at least 4 members (excludes halogenated alkanes) is 1. The first-order valence-electron chi connectivity index (χ1n) is 5.83. The maximum Gasteiger partial charge on any atom is 0.0794 e. The Morgan fingerprint density at radius 3 is 2.80 bits per heavy atom. The molecule has 0 fully saturated rings. The second-order valence-electron chi connectivity index (χ2n) is 4.05. The van der Waals surface area contributed by atoms with Crippen LogP contribution in [0.25, 0.3) is 0 Å². The lowest BCUT2D eigenvalue weighted by Gasteiger charge is -2.20. The highest BCUT2D eigenvalue weighted by atomic mass is 32.1. The van der Waals surface area contributed by atoms with Crippen LogP contribution in [0.4, 0.5) is 0 Å². The Kier molecular flexibility index (Phi) is 5.88. The fraction of sp³-hybridized carbons (Fsp3) is 0.750. The molecule has 1 rings (SSSR count). The molecule has 0 saturated heterocycles.